The third kappa shape index (κ3) is 4.30. The van der Waals surface area contributed by atoms with Crippen LogP contribution in [0.4, 0.5) is 0 Å². The second-order valence-electron chi connectivity index (χ2n) is 6.96. The van der Waals surface area contributed by atoms with E-state index in [1.54, 1.807) is 11.0 Å². The lowest BCUT2D eigenvalue weighted by molar-refractivity contribution is -0.172. The van der Waals surface area contributed by atoms with E-state index in [-0.39, 0.29) is 29.8 Å². The monoisotopic (exact) mass is 365 g/mol. The second-order valence-corrected chi connectivity index (χ2v) is 8.56. The summed E-state index contributed by atoms with van der Waals surface area (Å²) in [6.07, 6.45) is 2.43. The molecule has 4 unspecified atom stereocenters. The minimum atomic E-state index is -3.63. The van der Waals surface area contributed by atoms with Crippen LogP contribution in [0.3, 0.4) is 0 Å². The Morgan fingerprint density at radius 2 is 1.84 bits per heavy atom. The van der Waals surface area contributed by atoms with Gasteiger partial charge in [-0.2, -0.15) is 8.42 Å². The van der Waals surface area contributed by atoms with Crippen LogP contribution < -0.4 is 0 Å². The van der Waals surface area contributed by atoms with E-state index in [9.17, 15) is 13.2 Å². The van der Waals surface area contributed by atoms with Crippen LogP contribution in [-0.2, 0) is 19.1 Å². The smallest absolute Gasteiger partial charge is 0.264 e. The zero-order valence-electron chi connectivity index (χ0n) is 15.3. The first kappa shape index (κ1) is 19.7. The fourth-order valence-corrected chi connectivity index (χ4v) is 4.25. The first-order chi connectivity index (χ1) is 11.7. The molecule has 6 heteroatoms. The molecule has 1 heterocycles. The van der Waals surface area contributed by atoms with Crippen LogP contribution in [0.1, 0.15) is 38.8 Å². The third-order valence-corrected chi connectivity index (χ3v) is 5.32. The van der Waals surface area contributed by atoms with E-state index < -0.39 is 16.2 Å². The summed E-state index contributed by atoms with van der Waals surface area (Å²) in [5.41, 5.74) is 1.01. The van der Waals surface area contributed by atoms with Crippen molar-refractivity contribution >= 4 is 16.0 Å². The van der Waals surface area contributed by atoms with Gasteiger partial charge in [-0.3, -0.25) is 8.98 Å². The van der Waals surface area contributed by atoms with Gasteiger partial charge in [0.05, 0.1) is 24.3 Å². The molecule has 1 fully saturated rings. The normalized spacial score (nSPS) is 23.2. The maximum absolute atomic E-state index is 12.8. The Hall–Kier alpha value is -1.66. The Balaban J connectivity index is 2.36. The Bertz CT molecular complexity index is 714. The minimum absolute atomic E-state index is 0.0440. The summed E-state index contributed by atoms with van der Waals surface area (Å²) in [6.45, 7) is 9.63. The average Bonchev–Trinajstić information content (AvgIpc) is 2.51. The number of carbonyl (C=O) groups is 1. The SMILES string of the molecule is C=CCC(OS(C)(=O)=O)C1C(C(C)C)C(=O)N1C(C)c1ccccc1. The average molecular weight is 365 g/mol. The summed E-state index contributed by atoms with van der Waals surface area (Å²) < 4.78 is 28.7. The Morgan fingerprint density at radius 1 is 1.24 bits per heavy atom. The molecule has 4 atom stereocenters. The molecule has 1 aromatic rings. The van der Waals surface area contributed by atoms with Crippen molar-refractivity contribution in [1.29, 1.82) is 0 Å². The van der Waals surface area contributed by atoms with Crippen LogP contribution in [0.15, 0.2) is 43.0 Å². The molecule has 0 aromatic heterocycles. The lowest BCUT2D eigenvalue weighted by Gasteiger charge is -2.54. The van der Waals surface area contributed by atoms with Crippen molar-refractivity contribution in [2.75, 3.05) is 6.26 Å². The molecule has 5 nitrogen and oxygen atoms in total. The van der Waals surface area contributed by atoms with Gasteiger partial charge >= 0.3 is 0 Å². The number of rotatable bonds is 8. The first-order valence-corrected chi connectivity index (χ1v) is 10.3. The van der Waals surface area contributed by atoms with Crippen LogP contribution in [0.5, 0.6) is 0 Å². The van der Waals surface area contributed by atoms with Gasteiger partial charge in [0.15, 0.2) is 0 Å². The molecule has 2 rings (SSSR count). The summed E-state index contributed by atoms with van der Waals surface area (Å²) in [6, 6.07) is 9.28. The summed E-state index contributed by atoms with van der Waals surface area (Å²) in [5, 5.41) is 0. The molecular weight excluding hydrogens is 338 g/mol. The maximum atomic E-state index is 12.8. The van der Waals surface area contributed by atoms with E-state index in [0.29, 0.717) is 6.42 Å². The molecular formula is C19H27NO4S. The van der Waals surface area contributed by atoms with Crippen LogP contribution in [0, 0.1) is 11.8 Å². The number of hydrogen-bond acceptors (Lipinski definition) is 4. The Kier molecular flexibility index (Phi) is 6.06. The van der Waals surface area contributed by atoms with Crippen molar-refractivity contribution < 1.29 is 17.4 Å². The molecule has 0 radical (unpaired) electrons. The Labute approximate surface area is 150 Å². The van der Waals surface area contributed by atoms with Gasteiger partial charge in [0.25, 0.3) is 10.1 Å². The van der Waals surface area contributed by atoms with Gasteiger partial charge in [0, 0.05) is 0 Å². The van der Waals surface area contributed by atoms with Crippen LogP contribution in [0.2, 0.25) is 0 Å². The minimum Gasteiger partial charge on any atom is -0.329 e. The van der Waals surface area contributed by atoms with E-state index in [0.717, 1.165) is 11.8 Å². The fourth-order valence-electron chi connectivity index (χ4n) is 3.61. The molecule has 138 valence electrons. The molecule has 1 aliphatic rings. The summed E-state index contributed by atoms with van der Waals surface area (Å²) in [4.78, 5) is 14.6. The molecule has 1 aliphatic heterocycles. The number of benzene rings is 1. The van der Waals surface area contributed by atoms with Crippen molar-refractivity contribution in [2.45, 2.75) is 45.4 Å². The predicted octanol–water partition coefficient (Wildman–Crippen LogP) is 3.15. The first-order valence-electron chi connectivity index (χ1n) is 8.53. The molecule has 0 spiro atoms. The topological polar surface area (TPSA) is 63.7 Å². The lowest BCUT2D eigenvalue weighted by atomic mass is 9.74. The quantitative estimate of drug-likeness (QED) is 0.403. The maximum Gasteiger partial charge on any atom is 0.264 e. The van der Waals surface area contributed by atoms with Gasteiger partial charge in [0.1, 0.15) is 6.10 Å². The number of hydrogen-bond donors (Lipinski definition) is 0. The zero-order chi connectivity index (χ0) is 18.8. The summed E-state index contributed by atoms with van der Waals surface area (Å²) in [5.74, 6) is -0.104. The van der Waals surface area contributed by atoms with E-state index in [1.807, 2.05) is 51.1 Å². The van der Waals surface area contributed by atoms with Crippen LogP contribution in [-0.4, -0.2) is 37.6 Å². The molecule has 1 aromatic carbocycles. The van der Waals surface area contributed by atoms with Gasteiger partial charge in [-0.25, -0.2) is 0 Å². The second kappa shape index (κ2) is 7.70. The highest BCUT2D eigenvalue weighted by atomic mass is 32.2. The fraction of sp³-hybridized carbons (Fsp3) is 0.526. The van der Waals surface area contributed by atoms with Gasteiger partial charge < -0.3 is 4.90 Å². The number of β-lactam (4-membered cyclic amide) rings is 1. The van der Waals surface area contributed by atoms with Gasteiger partial charge in [-0.15, -0.1) is 6.58 Å². The van der Waals surface area contributed by atoms with Crippen molar-refractivity contribution in [2.24, 2.45) is 11.8 Å². The molecule has 1 amide bonds. The molecule has 0 N–H and O–H groups in total. The number of nitrogens with zero attached hydrogens (tertiary/aromatic N) is 1. The number of likely N-dealkylation sites (tertiary alicyclic amines) is 1. The molecule has 0 saturated carbocycles. The van der Waals surface area contributed by atoms with Crippen molar-refractivity contribution in [1.82, 2.24) is 4.90 Å². The third-order valence-electron chi connectivity index (χ3n) is 4.72. The standard InChI is InChI=1S/C19H27NO4S/c1-6-10-16(24-25(5,22)23)18-17(13(2)3)19(21)20(18)14(4)15-11-8-7-9-12-15/h6-9,11-14,16-18H,1,10H2,2-5H3. The highest BCUT2D eigenvalue weighted by Gasteiger charge is 2.54. The van der Waals surface area contributed by atoms with Gasteiger partial charge in [0.2, 0.25) is 5.91 Å². The highest BCUT2D eigenvalue weighted by Crippen LogP contribution is 2.42. The van der Waals surface area contributed by atoms with Crippen LogP contribution >= 0.6 is 0 Å². The number of amides is 1. The predicted molar refractivity (Wildman–Crippen MR) is 98.3 cm³/mol. The molecule has 25 heavy (non-hydrogen) atoms. The van der Waals surface area contributed by atoms with Crippen molar-refractivity contribution in [3.8, 4) is 0 Å². The van der Waals surface area contributed by atoms with Gasteiger partial charge in [-0.1, -0.05) is 50.3 Å². The molecule has 0 aliphatic carbocycles. The zero-order valence-corrected chi connectivity index (χ0v) is 16.1. The van der Waals surface area contributed by atoms with Gasteiger partial charge in [-0.05, 0) is 24.8 Å². The van der Waals surface area contributed by atoms with Crippen molar-refractivity contribution in [3.05, 3.63) is 48.6 Å². The van der Waals surface area contributed by atoms with Crippen molar-refractivity contribution in [3.63, 3.8) is 0 Å². The van der Waals surface area contributed by atoms with E-state index >= 15 is 0 Å². The van der Waals surface area contributed by atoms with E-state index in [4.69, 9.17) is 4.18 Å². The molecule has 0 bridgehead atoms. The van der Waals surface area contributed by atoms with E-state index in [2.05, 4.69) is 6.58 Å². The lowest BCUT2D eigenvalue weighted by Crippen LogP contribution is -2.67. The number of carbonyl (C=O) groups excluding carboxylic acids is 1. The largest absolute Gasteiger partial charge is 0.329 e. The van der Waals surface area contributed by atoms with Crippen LogP contribution in [0.25, 0.3) is 0 Å². The highest BCUT2D eigenvalue weighted by molar-refractivity contribution is 7.86. The van der Waals surface area contributed by atoms with E-state index in [1.165, 1.54) is 0 Å². The summed E-state index contributed by atoms with van der Waals surface area (Å²) >= 11 is 0. The Morgan fingerprint density at radius 3 is 2.32 bits per heavy atom. The summed E-state index contributed by atoms with van der Waals surface area (Å²) in [7, 11) is -3.63. The molecule has 1 saturated heterocycles.